The summed E-state index contributed by atoms with van der Waals surface area (Å²) in [6.45, 7) is 4.17. The molecule has 0 saturated heterocycles. The number of hydrogen-bond donors (Lipinski definition) is 1. The Bertz CT molecular complexity index is 766. The lowest BCUT2D eigenvalue weighted by atomic mass is 10.3. The fraction of sp³-hybridized carbons (Fsp3) is 0.286. The molecule has 1 aromatic heterocycles. The average Bonchev–Trinajstić information content (AvgIpc) is 2.51. The molecular formula is C14H16FN3O4S. The van der Waals surface area contributed by atoms with Crippen LogP contribution in [0.1, 0.15) is 13.8 Å². The van der Waals surface area contributed by atoms with E-state index in [4.69, 9.17) is 9.47 Å². The Hall–Kier alpha value is -2.42. The summed E-state index contributed by atoms with van der Waals surface area (Å²) in [6.07, 6.45) is 2.53. The Kier molecular flexibility index (Phi) is 5.32. The molecule has 0 aliphatic heterocycles. The van der Waals surface area contributed by atoms with Gasteiger partial charge in [0.15, 0.2) is 11.6 Å². The van der Waals surface area contributed by atoms with Gasteiger partial charge in [0.25, 0.3) is 10.0 Å². The molecule has 1 N–H and O–H groups in total. The predicted molar refractivity (Wildman–Crippen MR) is 81.6 cm³/mol. The van der Waals surface area contributed by atoms with Gasteiger partial charge in [-0.05, 0) is 32.0 Å². The minimum atomic E-state index is -3.96. The standard InChI is InChI=1S/C14H16FN3O4S/c1-3-21-13-6-5-11(7-12(13)15)23(19,20)18-10-8-16-14(17-9-10)22-4-2/h5-9,18H,3-4H2,1-2H3. The van der Waals surface area contributed by atoms with E-state index >= 15 is 0 Å². The van der Waals surface area contributed by atoms with Crippen molar-refractivity contribution in [1.29, 1.82) is 0 Å². The first-order chi connectivity index (χ1) is 11.0. The van der Waals surface area contributed by atoms with E-state index in [1.54, 1.807) is 13.8 Å². The van der Waals surface area contributed by atoms with Gasteiger partial charge in [-0.25, -0.2) is 22.8 Å². The molecule has 0 fully saturated rings. The summed E-state index contributed by atoms with van der Waals surface area (Å²) in [5.74, 6) is -0.756. The number of nitrogens with one attached hydrogen (secondary N) is 1. The zero-order valence-electron chi connectivity index (χ0n) is 12.6. The maximum Gasteiger partial charge on any atom is 0.316 e. The van der Waals surface area contributed by atoms with E-state index in [-0.39, 0.29) is 28.9 Å². The van der Waals surface area contributed by atoms with Crippen LogP contribution < -0.4 is 14.2 Å². The third kappa shape index (κ3) is 4.28. The topological polar surface area (TPSA) is 90.4 Å². The number of benzene rings is 1. The Morgan fingerprint density at radius 3 is 2.35 bits per heavy atom. The highest BCUT2D eigenvalue weighted by Crippen LogP contribution is 2.22. The van der Waals surface area contributed by atoms with Crippen LogP contribution in [0.3, 0.4) is 0 Å². The molecule has 0 bridgehead atoms. The van der Waals surface area contributed by atoms with Crippen LogP contribution in [-0.4, -0.2) is 31.6 Å². The van der Waals surface area contributed by atoms with E-state index in [1.807, 2.05) is 0 Å². The molecule has 0 spiro atoms. The van der Waals surface area contributed by atoms with E-state index in [0.717, 1.165) is 6.07 Å². The van der Waals surface area contributed by atoms with Gasteiger partial charge in [-0.1, -0.05) is 0 Å². The van der Waals surface area contributed by atoms with Gasteiger partial charge in [-0.15, -0.1) is 0 Å². The molecule has 0 atom stereocenters. The normalized spacial score (nSPS) is 11.1. The minimum absolute atomic E-state index is 0.00384. The highest BCUT2D eigenvalue weighted by Gasteiger charge is 2.17. The van der Waals surface area contributed by atoms with Gasteiger partial charge in [0, 0.05) is 0 Å². The fourth-order valence-corrected chi connectivity index (χ4v) is 2.75. The minimum Gasteiger partial charge on any atom is -0.491 e. The van der Waals surface area contributed by atoms with Gasteiger partial charge >= 0.3 is 6.01 Å². The second kappa shape index (κ2) is 7.23. The van der Waals surface area contributed by atoms with Crippen molar-refractivity contribution in [2.75, 3.05) is 17.9 Å². The molecule has 0 amide bonds. The van der Waals surface area contributed by atoms with Crippen molar-refractivity contribution >= 4 is 15.7 Å². The number of ether oxygens (including phenoxy) is 2. The van der Waals surface area contributed by atoms with Crippen molar-refractivity contribution in [2.45, 2.75) is 18.7 Å². The number of anilines is 1. The van der Waals surface area contributed by atoms with Crippen molar-refractivity contribution in [3.05, 3.63) is 36.4 Å². The number of sulfonamides is 1. The fourth-order valence-electron chi connectivity index (χ4n) is 1.71. The second-order valence-electron chi connectivity index (χ2n) is 4.32. The molecule has 7 nitrogen and oxygen atoms in total. The SMILES string of the molecule is CCOc1ncc(NS(=O)(=O)c2ccc(OCC)c(F)c2)cn1. The highest BCUT2D eigenvalue weighted by molar-refractivity contribution is 7.92. The van der Waals surface area contributed by atoms with Crippen LogP contribution >= 0.6 is 0 Å². The van der Waals surface area contributed by atoms with Gasteiger partial charge in [0.1, 0.15) is 0 Å². The van der Waals surface area contributed by atoms with Crippen molar-refractivity contribution < 1.29 is 22.3 Å². The van der Waals surface area contributed by atoms with Crippen LogP contribution in [0.5, 0.6) is 11.8 Å². The molecule has 124 valence electrons. The molecule has 0 saturated carbocycles. The summed E-state index contributed by atoms with van der Waals surface area (Å²) in [5, 5.41) is 0. The summed E-state index contributed by atoms with van der Waals surface area (Å²) in [7, 11) is -3.96. The summed E-state index contributed by atoms with van der Waals surface area (Å²) < 4.78 is 50.6. The average molecular weight is 341 g/mol. The molecule has 9 heteroatoms. The van der Waals surface area contributed by atoms with Gasteiger partial charge in [0.2, 0.25) is 0 Å². The Labute approximate surface area is 133 Å². The molecule has 1 heterocycles. The third-order valence-corrected chi connectivity index (χ3v) is 4.05. The maximum absolute atomic E-state index is 13.8. The lowest BCUT2D eigenvalue weighted by molar-refractivity contribution is 0.312. The van der Waals surface area contributed by atoms with Crippen LogP contribution in [0.15, 0.2) is 35.5 Å². The lowest BCUT2D eigenvalue weighted by Gasteiger charge is -2.10. The van der Waals surface area contributed by atoms with Crippen LogP contribution in [0.25, 0.3) is 0 Å². The molecular weight excluding hydrogens is 325 g/mol. The number of aromatic nitrogens is 2. The summed E-state index contributed by atoms with van der Waals surface area (Å²) >= 11 is 0. The van der Waals surface area contributed by atoms with Crippen molar-refractivity contribution in [2.24, 2.45) is 0 Å². The van der Waals surface area contributed by atoms with Crippen LogP contribution in [0, 0.1) is 5.82 Å². The van der Waals surface area contributed by atoms with Gasteiger partial charge in [-0.2, -0.15) is 0 Å². The van der Waals surface area contributed by atoms with Crippen molar-refractivity contribution in [3.63, 3.8) is 0 Å². The van der Waals surface area contributed by atoms with E-state index in [2.05, 4.69) is 14.7 Å². The third-order valence-electron chi connectivity index (χ3n) is 2.67. The lowest BCUT2D eigenvalue weighted by Crippen LogP contribution is -2.14. The molecule has 23 heavy (non-hydrogen) atoms. The van der Waals surface area contributed by atoms with Crippen molar-refractivity contribution in [1.82, 2.24) is 9.97 Å². The largest absolute Gasteiger partial charge is 0.491 e. The first kappa shape index (κ1) is 16.9. The van der Waals surface area contributed by atoms with Crippen LogP contribution in [0.2, 0.25) is 0 Å². The maximum atomic E-state index is 13.8. The quantitative estimate of drug-likeness (QED) is 0.830. The zero-order valence-corrected chi connectivity index (χ0v) is 13.4. The van der Waals surface area contributed by atoms with Crippen LogP contribution in [-0.2, 0) is 10.0 Å². The molecule has 0 aliphatic rings. The number of hydrogen-bond acceptors (Lipinski definition) is 6. The first-order valence-corrected chi connectivity index (χ1v) is 8.34. The first-order valence-electron chi connectivity index (χ1n) is 6.86. The van der Waals surface area contributed by atoms with E-state index in [9.17, 15) is 12.8 Å². The molecule has 0 aliphatic carbocycles. The Balaban J connectivity index is 2.19. The van der Waals surface area contributed by atoms with Crippen LogP contribution in [0.4, 0.5) is 10.1 Å². The Morgan fingerprint density at radius 2 is 1.78 bits per heavy atom. The molecule has 2 aromatic rings. The smallest absolute Gasteiger partial charge is 0.316 e. The van der Waals surface area contributed by atoms with Gasteiger partial charge in [-0.3, -0.25) is 4.72 Å². The van der Waals surface area contributed by atoms with Gasteiger partial charge in [0.05, 0.1) is 36.2 Å². The molecule has 0 radical (unpaired) electrons. The second-order valence-corrected chi connectivity index (χ2v) is 6.00. The van der Waals surface area contributed by atoms with E-state index in [0.29, 0.717) is 6.61 Å². The number of nitrogens with zero attached hydrogens (tertiary/aromatic N) is 2. The summed E-state index contributed by atoms with van der Waals surface area (Å²) in [6, 6.07) is 3.55. The number of halogens is 1. The molecule has 1 aromatic carbocycles. The predicted octanol–water partition coefficient (Wildman–Crippen LogP) is 2.21. The summed E-state index contributed by atoms with van der Waals surface area (Å²) in [5.41, 5.74) is 0.141. The Morgan fingerprint density at radius 1 is 1.13 bits per heavy atom. The van der Waals surface area contributed by atoms with E-state index in [1.165, 1.54) is 24.5 Å². The number of rotatable bonds is 7. The zero-order chi connectivity index (χ0) is 16.9. The monoisotopic (exact) mass is 341 g/mol. The van der Waals surface area contributed by atoms with E-state index < -0.39 is 15.8 Å². The summed E-state index contributed by atoms with van der Waals surface area (Å²) in [4.78, 5) is 7.47. The van der Waals surface area contributed by atoms with Gasteiger partial charge < -0.3 is 9.47 Å². The highest BCUT2D eigenvalue weighted by atomic mass is 32.2. The van der Waals surface area contributed by atoms with Crippen molar-refractivity contribution in [3.8, 4) is 11.8 Å². The molecule has 0 unspecified atom stereocenters. The molecule has 2 rings (SSSR count).